The molecule has 6 nitrogen and oxygen atoms in total. The highest BCUT2D eigenvalue weighted by Crippen LogP contribution is 2.28. The number of nitrogens with one attached hydrogen (secondary N) is 2. The fourth-order valence-corrected chi connectivity index (χ4v) is 5.93. The molecule has 0 aromatic carbocycles. The largest absolute Gasteiger partial charge is 0.352 e. The van der Waals surface area contributed by atoms with Crippen LogP contribution in [-0.2, 0) is 14.8 Å². The summed E-state index contributed by atoms with van der Waals surface area (Å²) in [5.41, 5.74) is 0. The number of rotatable bonds is 5. The van der Waals surface area contributed by atoms with Crippen molar-refractivity contribution in [3.05, 3.63) is 0 Å². The van der Waals surface area contributed by atoms with Crippen molar-refractivity contribution in [2.75, 3.05) is 12.3 Å². The van der Waals surface area contributed by atoms with Gasteiger partial charge in [-0.2, -0.15) is 4.31 Å². The van der Waals surface area contributed by atoms with Gasteiger partial charge in [-0.05, 0) is 44.9 Å². The molecule has 3 atom stereocenters. The van der Waals surface area contributed by atoms with Crippen molar-refractivity contribution >= 4 is 28.3 Å². The van der Waals surface area contributed by atoms with Gasteiger partial charge < -0.3 is 10.6 Å². The average molecular weight is 366 g/mol. The van der Waals surface area contributed by atoms with Gasteiger partial charge in [-0.15, -0.1) is 12.4 Å². The summed E-state index contributed by atoms with van der Waals surface area (Å²) in [5.74, 6) is 0.0392. The smallest absolute Gasteiger partial charge is 0.238 e. The van der Waals surface area contributed by atoms with Crippen LogP contribution in [0, 0.1) is 0 Å². The highest BCUT2D eigenvalue weighted by molar-refractivity contribution is 7.89. The standard InChI is InChI=1S/C15H27N3O3S.ClH/c1-2-8-22(20,21)18-7-3-4-14(18)15(19)17-13-9-11-5-6-12(10-13)16-11;/h11-14,16H,2-10H2,1H3,(H,17,19);1H. The number of fused-ring (bicyclic) bond motifs is 2. The second-order valence-corrected chi connectivity index (χ2v) is 8.94. The Morgan fingerprint density at radius 3 is 2.48 bits per heavy atom. The molecule has 3 heterocycles. The van der Waals surface area contributed by atoms with Crippen molar-refractivity contribution in [1.29, 1.82) is 0 Å². The second kappa shape index (κ2) is 7.68. The van der Waals surface area contributed by atoms with E-state index < -0.39 is 16.1 Å². The minimum Gasteiger partial charge on any atom is -0.352 e. The molecule has 0 aliphatic carbocycles. The van der Waals surface area contributed by atoms with Gasteiger partial charge in [0.25, 0.3) is 0 Å². The maximum Gasteiger partial charge on any atom is 0.238 e. The molecule has 3 unspecified atom stereocenters. The summed E-state index contributed by atoms with van der Waals surface area (Å²) < 4.78 is 26.0. The Morgan fingerprint density at radius 1 is 1.22 bits per heavy atom. The number of carbonyl (C=O) groups excluding carboxylic acids is 1. The minimum atomic E-state index is -3.29. The first-order chi connectivity index (χ1) is 10.5. The molecule has 3 aliphatic rings. The van der Waals surface area contributed by atoms with Gasteiger partial charge in [-0.3, -0.25) is 4.79 Å². The van der Waals surface area contributed by atoms with Crippen molar-refractivity contribution < 1.29 is 13.2 Å². The Kier molecular flexibility index (Phi) is 6.33. The van der Waals surface area contributed by atoms with E-state index in [4.69, 9.17) is 0 Å². The number of carbonyl (C=O) groups is 1. The number of hydrogen-bond acceptors (Lipinski definition) is 4. The first-order valence-electron chi connectivity index (χ1n) is 8.55. The third-order valence-corrected chi connectivity index (χ3v) is 7.22. The Labute approximate surface area is 145 Å². The first kappa shape index (κ1) is 19.0. The lowest BCUT2D eigenvalue weighted by atomic mass is 9.99. The molecule has 23 heavy (non-hydrogen) atoms. The lowest BCUT2D eigenvalue weighted by Crippen LogP contribution is -2.53. The molecule has 0 aromatic rings. The van der Waals surface area contributed by atoms with Crippen molar-refractivity contribution in [3.63, 3.8) is 0 Å². The Morgan fingerprint density at radius 2 is 1.87 bits per heavy atom. The van der Waals surface area contributed by atoms with Gasteiger partial charge in [-0.1, -0.05) is 6.92 Å². The number of sulfonamides is 1. The molecule has 0 saturated carbocycles. The van der Waals surface area contributed by atoms with Crippen molar-refractivity contribution in [3.8, 4) is 0 Å². The zero-order valence-electron chi connectivity index (χ0n) is 13.7. The predicted octanol–water partition coefficient (Wildman–Crippen LogP) is 1.01. The van der Waals surface area contributed by atoms with E-state index in [0.29, 0.717) is 31.5 Å². The number of piperidine rings is 1. The van der Waals surface area contributed by atoms with Crippen LogP contribution in [0.1, 0.15) is 51.9 Å². The average Bonchev–Trinajstić information content (AvgIpc) is 3.06. The topological polar surface area (TPSA) is 78.5 Å². The lowest BCUT2D eigenvalue weighted by molar-refractivity contribution is -0.125. The highest BCUT2D eigenvalue weighted by Gasteiger charge is 2.40. The van der Waals surface area contributed by atoms with Gasteiger partial charge in [0.05, 0.1) is 5.75 Å². The molecule has 0 radical (unpaired) electrons. The number of halogens is 1. The molecule has 3 fully saturated rings. The van der Waals surface area contributed by atoms with E-state index in [2.05, 4.69) is 10.6 Å². The van der Waals surface area contributed by atoms with Crippen LogP contribution in [0.2, 0.25) is 0 Å². The molecule has 3 aliphatic heterocycles. The van der Waals surface area contributed by atoms with E-state index >= 15 is 0 Å². The van der Waals surface area contributed by atoms with E-state index in [1.165, 1.54) is 17.1 Å². The summed E-state index contributed by atoms with van der Waals surface area (Å²) in [4.78, 5) is 12.6. The van der Waals surface area contributed by atoms with E-state index in [-0.39, 0.29) is 30.1 Å². The van der Waals surface area contributed by atoms with Crippen LogP contribution >= 0.6 is 12.4 Å². The fraction of sp³-hybridized carbons (Fsp3) is 0.933. The van der Waals surface area contributed by atoms with Gasteiger partial charge in [0, 0.05) is 24.7 Å². The molecule has 3 saturated heterocycles. The molecule has 134 valence electrons. The van der Waals surface area contributed by atoms with Gasteiger partial charge in [0.2, 0.25) is 15.9 Å². The van der Waals surface area contributed by atoms with Crippen LogP contribution in [0.3, 0.4) is 0 Å². The summed E-state index contributed by atoms with van der Waals surface area (Å²) in [6.45, 7) is 2.34. The highest BCUT2D eigenvalue weighted by atomic mass is 35.5. The zero-order valence-corrected chi connectivity index (χ0v) is 15.3. The number of nitrogens with zero attached hydrogens (tertiary/aromatic N) is 1. The van der Waals surface area contributed by atoms with E-state index in [9.17, 15) is 13.2 Å². The van der Waals surface area contributed by atoms with Crippen LogP contribution < -0.4 is 10.6 Å². The molecular weight excluding hydrogens is 338 g/mol. The number of amides is 1. The van der Waals surface area contributed by atoms with Crippen molar-refractivity contribution in [2.24, 2.45) is 0 Å². The Balaban J connectivity index is 0.00000192. The summed E-state index contributed by atoms with van der Waals surface area (Å²) in [6, 6.07) is 0.742. The summed E-state index contributed by atoms with van der Waals surface area (Å²) in [7, 11) is -3.29. The SMILES string of the molecule is CCCS(=O)(=O)N1CCCC1C(=O)NC1CC2CCC(C1)N2.Cl. The Bertz CT molecular complexity index is 516. The summed E-state index contributed by atoms with van der Waals surface area (Å²) >= 11 is 0. The van der Waals surface area contributed by atoms with Crippen LogP contribution in [-0.4, -0.2) is 55.1 Å². The van der Waals surface area contributed by atoms with E-state index in [1.54, 1.807) is 0 Å². The Hall–Kier alpha value is -0.370. The van der Waals surface area contributed by atoms with E-state index in [0.717, 1.165) is 19.3 Å². The molecule has 2 N–H and O–H groups in total. The van der Waals surface area contributed by atoms with Crippen molar-refractivity contribution in [2.45, 2.75) is 76.0 Å². The van der Waals surface area contributed by atoms with Crippen molar-refractivity contribution in [1.82, 2.24) is 14.9 Å². The number of hydrogen-bond donors (Lipinski definition) is 2. The lowest BCUT2D eigenvalue weighted by Gasteiger charge is -2.31. The fourth-order valence-electron chi connectivity index (χ4n) is 4.18. The molecule has 0 spiro atoms. The predicted molar refractivity (Wildman–Crippen MR) is 92.2 cm³/mol. The summed E-state index contributed by atoms with van der Waals surface area (Å²) in [5, 5.41) is 6.68. The minimum absolute atomic E-state index is 0. The molecule has 1 amide bonds. The summed E-state index contributed by atoms with van der Waals surface area (Å²) in [6.07, 6.45) is 6.33. The van der Waals surface area contributed by atoms with Crippen LogP contribution in [0.5, 0.6) is 0 Å². The zero-order chi connectivity index (χ0) is 15.7. The van der Waals surface area contributed by atoms with Gasteiger partial charge >= 0.3 is 0 Å². The molecule has 2 bridgehead atoms. The second-order valence-electron chi connectivity index (χ2n) is 6.90. The molecule has 3 rings (SSSR count). The van der Waals surface area contributed by atoms with Gasteiger partial charge in [-0.25, -0.2) is 8.42 Å². The maximum absolute atomic E-state index is 12.6. The molecule has 8 heteroatoms. The normalized spacial score (nSPS) is 34.1. The maximum atomic E-state index is 12.6. The van der Waals surface area contributed by atoms with Crippen LogP contribution in [0.15, 0.2) is 0 Å². The van der Waals surface area contributed by atoms with Gasteiger partial charge in [0.15, 0.2) is 0 Å². The van der Waals surface area contributed by atoms with Crippen LogP contribution in [0.25, 0.3) is 0 Å². The monoisotopic (exact) mass is 365 g/mol. The molecule has 0 aromatic heterocycles. The first-order valence-corrected chi connectivity index (χ1v) is 10.2. The third kappa shape index (κ3) is 4.18. The van der Waals surface area contributed by atoms with E-state index in [1.807, 2.05) is 6.92 Å². The van der Waals surface area contributed by atoms with Gasteiger partial charge in [0.1, 0.15) is 6.04 Å². The van der Waals surface area contributed by atoms with Crippen LogP contribution in [0.4, 0.5) is 0 Å². The third-order valence-electron chi connectivity index (χ3n) is 5.15. The molecular formula is C15H28ClN3O3S. The quantitative estimate of drug-likeness (QED) is 0.762.